The fourth-order valence-corrected chi connectivity index (χ4v) is 3.34. The number of rotatable bonds is 1. The Balaban J connectivity index is 1.95. The number of phenolic OH excluding ortho intramolecular Hbond substituents is 2. The van der Waals surface area contributed by atoms with Crippen molar-refractivity contribution in [2.75, 3.05) is 0 Å². The molecule has 0 fully saturated rings. The maximum Gasteiger partial charge on any atom is 0.198 e. The van der Waals surface area contributed by atoms with E-state index in [4.69, 9.17) is 4.74 Å². The molecule has 2 aliphatic rings. The molecular formula is C19H14O5. The molecule has 2 aromatic rings. The minimum Gasteiger partial charge on any atom is -0.508 e. The molecule has 24 heavy (non-hydrogen) atoms. The number of ether oxygens (including phenoxy) is 1. The van der Waals surface area contributed by atoms with E-state index in [9.17, 15) is 19.8 Å². The van der Waals surface area contributed by atoms with Gasteiger partial charge in [-0.25, -0.2) is 0 Å². The summed E-state index contributed by atoms with van der Waals surface area (Å²) in [6.07, 6.45) is 0.237. The lowest BCUT2D eigenvalue weighted by Crippen LogP contribution is -2.22. The second kappa shape index (κ2) is 4.71. The number of phenols is 2. The van der Waals surface area contributed by atoms with Crippen LogP contribution < -0.4 is 4.74 Å². The van der Waals surface area contributed by atoms with Crippen LogP contribution >= 0.6 is 0 Å². The van der Waals surface area contributed by atoms with E-state index in [-0.39, 0.29) is 28.5 Å². The van der Waals surface area contributed by atoms with Gasteiger partial charge in [0.25, 0.3) is 0 Å². The fourth-order valence-electron chi connectivity index (χ4n) is 3.34. The zero-order valence-electron chi connectivity index (χ0n) is 12.9. The van der Waals surface area contributed by atoms with Crippen molar-refractivity contribution in [1.29, 1.82) is 0 Å². The first-order valence-electron chi connectivity index (χ1n) is 7.51. The third-order valence-electron chi connectivity index (χ3n) is 4.52. The molecule has 0 bridgehead atoms. The van der Waals surface area contributed by atoms with E-state index in [1.165, 1.54) is 6.07 Å². The van der Waals surface area contributed by atoms with Crippen molar-refractivity contribution in [3.63, 3.8) is 0 Å². The standard InChI is InChI=1S/C19H14O5/c1-8(2)15-7-11-14(24-15)4-3-10-16(11)19(23)12-5-9(20)6-13(21)17(12)18(10)22/h3-6,15,20-21H,1,7H2,2H3/t15-/m0/s1. The Kier molecular flexibility index (Phi) is 2.85. The van der Waals surface area contributed by atoms with E-state index >= 15 is 0 Å². The number of fused-ring (bicyclic) bond motifs is 4. The van der Waals surface area contributed by atoms with Crippen LogP contribution in [0, 0.1) is 0 Å². The van der Waals surface area contributed by atoms with Crippen LogP contribution in [0.5, 0.6) is 17.2 Å². The molecule has 0 spiro atoms. The molecule has 0 radical (unpaired) electrons. The predicted octanol–water partition coefficient (Wildman–Crippen LogP) is 2.75. The van der Waals surface area contributed by atoms with E-state index in [1.807, 2.05) is 6.92 Å². The molecule has 0 amide bonds. The Morgan fingerprint density at radius 2 is 1.83 bits per heavy atom. The molecule has 0 aromatic heterocycles. The van der Waals surface area contributed by atoms with Crippen LogP contribution in [0.25, 0.3) is 0 Å². The molecule has 120 valence electrons. The normalized spacial score (nSPS) is 17.8. The highest BCUT2D eigenvalue weighted by molar-refractivity contribution is 6.30. The van der Waals surface area contributed by atoms with Gasteiger partial charge in [0.15, 0.2) is 11.6 Å². The first-order chi connectivity index (χ1) is 11.4. The number of ketones is 2. The largest absolute Gasteiger partial charge is 0.508 e. The van der Waals surface area contributed by atoms with Gasteiger partial charge in [0, 0.05) is 34.7 Å². The summed E-state index contributed by atoms with van der Waals surface area (Å²) in [6, 6.07) is 5.49. The summed E-state index contributed by atoms with van der Waals surface area (Å²) in [5.74, 6) is -0.923. The van der Waals surface area contributed by atoms with Crippen LogP contribution in [0.4, 0.5) is 0 Å². The summed E-state index contributed by atoms with van der Waals surface area (Å²) in [5.41, 5.74) is 1.99. The third-order valence-corrected chi connectivity index (χ3v) is 4.52. The number of hydrogen-bond acceptors (Lipinski definition) is 5. The predicted molar refractivity (Wildman–Crippen MR) is 86.0 cm³/mol. The SMILES string of the molecule is C=C(C)[C@@H]1Cc2c(ccc3c2C(=O)c2cc(O)cc(O)c2C3=O)O1. The molecule has 1 heterocycles. The van der Waals surface area contributed by atoms with Crippen molar-refractivity contribution in [1.82, 2.24) is 0 Å². The molecule has 0 saturated heterocycles. The van der Waals surface area contributed by atoms with Gasteiger partial charge < -0.3 is 14.9 Å². The van der Waals surface area contributed by atoms with Crippen molar-refractivity contribution in [3.05, 3.63) is 64.2 Å². The summed E-state index contributed by atoms with van der Waals surface area (Å²) >= 11 is 0. The van der Waals surface area contributed by atoms with Crippen LogP contribution in [0.3, 0.4) is 0 Å². The highest BCUT2D eigenvalue weighted by atomic mass is 16.5. The summed E-state index contributed by atoms with van der Waals surface area (Å²) in [6.45, 7) is 5.73. The molecule has 2 aromatic carbocycles. The van der Waals surface area contributed by atoms with Gasteiger partial charge in [-0.05, 0) is 30.7 Å². The molecule has 5 heteroatoms. The molecule has 4 rings (SSSR count). The first-order valence-corrected chi connectivity index (χ1v) is 7.51. The number of hydrogen-bond donors (Lipinski definition) is 2. The topological polar surface area (TPSA) is 83.8 Å². The van der Waals surface area contributed by atoms with Crippen LogP contribution in [0.15, 0.2) is 36.4 Å². The van der Waals surface area contributed by atoms with Gasteiger partial charge in [-0.2, -0.15) is 0 Å². The van der Waals surface area contributed by atoms with Gasteiger partial charge in [0.1, 0.15) is 23.4 Å². The molecule has 5 nitrogen and oxygen atoms in total. The van der Waals surface area contributed by atoms with E-state index < -0.39 is 17.3 Å². The molecule has 1 atom stereocenters. The maximum atomic E-state index is 12.9. The number of benzene rings is 2. The van der Waals surface area contributed by atoms with Crippen LogP contribution in [0.1, 0.15) is 44.3 Å². The number of carbonyl (C=O) groups is 2. The summed E-state index contributed by atoms with van der Waals surface area (Å²) in [4.78, 5) is 25.7. The van der Waals surface area contributed by atoms with Gasteiger partial charge in [0.05, 0.1) is 5.56 Å². The molecule has 1 aliphatic heterocycles. The average molecular weight is 322 g/mol. The summed E-state index contributed by atoms with van der Waals surface area (Å²) in [7, 11) is 0. The van der Waals surface area contributed by atoms with E-state index in [0.717, 1.165) is 11.6 Å². The number of aromatic hydroxyl groups is 2. The molecule has 0 unspecified atom stereocenters. The van der Waals surface area contributed by atoms with Gasteiger partial charge in [-0.3, -0.25) is 9.59 Å². The summed E-state index contributed by atoms with van der Waals surface area (Å²) in [5, 5.41) is 19.7. The molecule has 0 saturated carbocycles. The Hall–Kier alpha value is -3.08. The highest BCUT2D eigenvalue weighted by Crippen LogP contribution is 2.42. The van der Waals surface area contributed by atoms with E-state index in [0.29, 0.717) is 23.3 Å². The minimum atomic E-state index is -0.432. The Morgan fingerprint density at radius 1 is 1.12 bits per heavy atom. The zero-order valence-corrected chi connectivity index (χ0v) is 12.9. The quantitative estimate of drug-likeness (QED) is 0.673. The number of carbonyl (C=O) groups excluding carboxylic acids is 2. The lowest BCUT2D eigenvalue weighted by Gasteiger charge is -2.20. The van der Waals surface area contributed by atoms with Gasteiger partial charge >= 0.3 is 0 Å². The van der Waals surface area contributed by atoms with Crippen LogP contribution in [-0.2, 0) is 6.42 Å². The lowest BCUT2D eigenvalue weighted by molar-refractivity contribution is 0.0975. The van der Waals surface area contributed by atoms with E-state index in [2.05, 4.69) is 6.58 Å². The Labute approximate surface area is 137 Å². The second-order valence-electron chi connectivity index (χ2n) is 6.17. The second-order valence-corrected chi connectivity index (χ2v) is 6.17. The Morgan fingerprint density at radius 3 is 2.54 bits per heavy atom. The zero-order chi connectivity index (χ0) is 17.2. The van der Waals surface area contributed by atoms with Gasteiger partial charge in [-0.15, -0.1) is 0 Å². The van der Waals surface area contributed by atoms with Crippen molar-refractivity contribution >= 4 is 11.6 Å². The van der Waals surface area contributed by atoms with Gasteiger partial charge in [-0.1, -0.05) is 6.58 Å². The molecular weight excluding hydrogens is 308 g/mol. The smallest absolute Gasteiger partial charge is 0.198 e. The minimum absolute atomic E-state index is 0.0113. The fraction of sp³-hybridized carbons (Fsp3) is 0.158. The van der Waals surface area contributed by atoms with Crippen molar-refractivity contribution in [3.8, 4) is 17.2 Å². The third kappa shape index (κ3) is 1.81. The average Bonchev–Trinajstić information content (AvgIpc) is 2.95. The van der Waals surface area contributed by atoms with Crippen LogP contribution in [-0.4, -0.2) is 27.9 Å². The van der Waals surface area contributed by atoms with Gasteiger partial charge in [0.2, 0.25) is 0 Å². The Bertz CT molecular complexity index is 955. The van der Waals surface area contributed by atoms with Crippen molar-refractivity contribution in [2.45, 2.75) is 19.4 Å². The molecule has 1 aliphatic carbocycles. The highest BCUT2D eigenvalue weighted by Gasteiger charge is 2.38. The van der Waals surface area contributed by atoms with Crippen molar-refractivity contribution < 1.29 is 24.5 Å². The van der Waals surface area contributed by atoms with Crippen molar-refractivity contribution in [2.24, 2.45) is 0 Å². The first kappa shape index (κ1) is 14.5. The van der Waals surface area contributed by atoms with E-state index in [1.54, 1.807) is 12.1 Å². The molecule has 2 N–H and O–H groups in total. The van der Waals surface area contributed by atoms with Crippen LogP contribution in [0.2, 0.25) is 0 Å². The maximum absolute atomic E-state index is 12.9. The summed E-state index contributed by atoms with van der Waals surface area (Å²) < 4.78 is 5.79. The monoisotopic (exact) mass is 322 g/mol. The lowest BCUT2D eigenvalue weighted by atomic mass is 9.80.